The minimum atomic E-state index is 0.0484. The van der Waals surface area contributed by atoms with Crippen LogP contribution in [0.2, 0.25) is 0 Å². The molecule has 0 saturated carbocycles. The molecule has 20 heavy (non-hydrogen) atoms. The van der Waals surface area contributed by atoms with Crippen molar-refractivity contribution in [3.63, 3.8) is 0 Å². The Bertz CT molecular complexity index is 605. The number of likely N-dealkylation sites (tertiary alicyclic amines) is 1. The first-order chi connectivity index (χ1) is 9.81. The topological polar surface area (TPSA) is 59.5 Å². The Labute approximate surface area is 118 Å². The summed E-state index contributed by atoms with van der Waals surface area (Å²) in [5.41, 5.74) is 7.26. The third-order valence-corrected chi connectivity index (χ3v) is 4.12. The van der Waals surface area contributed by atoms with Gasteiger partial charge in [-0.05, 0) is 18.9 Å². The maximum Gasteiger partial charge on any atom is 0.258 e. The lowest BCUT2D eigenvalue weighted by Gasteiger charge is -2.28. The van der Waals surface area contributed by atoms with Crippen LogP contribution in [0.25, 0.3) is 11.0 Å². The van der Waals surface area contributed by atoms with E-state index in [-0.39, 0.29) is 11.9 Å². The molecule has 1 unspecified atom stereocenters. The molecule has 1 saturated heterocycles. The molecule has 1 aromatic carbocycles. The van der Waals surface area contributed by atoms with Gasteiger partial charge in [-0.1, -0.05) is 31.0 Å². The lowest BCUT2D eigenvalue weighted by Crippen LogP contribution is -2.44. The molecule has 2 N–H and O–H groups in total. The normalized spacial score (nSPS) is 20.1. The first-order valence-electron chi connectivity index (χ1n) is 7.28. The van der Waals surface area contributed by atoms with Crippen molar-refractivity contribution in [2.45, 2.75) is 31.7 Å². The number of benzene rings is 1. The van der Waals surface area contributed by atoms with Crippen LogP contribution >= 0.6 is 0 Å². The zero-order valence-electron chi connectivity index (χ0n) is 11.5. The molecule has 0 spiro atoms. The van der Waals surface area contributed by atoms with Crippen LogP contribution in [-0.2, 0) is 0 Å². The van der Waals surface area contributed by atoms with E-state index in [1.54, 1.807) is 6.26 Å². The highest BCUT2D eigenvalue weighted by Gasteiger charge is 2.27. The van der Waals surface area contributed by atoms with Crippen LogP contribution in [0.5, 0.6) is 0 Å². The number of fused-ring (bicyclic) bond motifs is 1. The van der Waals surface area contributed by atoms with Crippen molar-refractivity contribution in [1.29, 1.82) is 0 Å². The summed E-state index contributed by atoms with van der Waals surface area (Å²) < 4.78 is 5.48. The monoisotopic (exact) mass is 272 g/mol. The van der Waals surface area contributed by atoms with Crippen LogP contribution in [0.1, 0.15) is 36.0 Å². The van der Waals surface area contributed by atoms with E-state index < -0.39 is 0 Å². The molecule has 0 bridgehead atoms. The fourth-order valence-electron chi connectivity index (χ4n) is 2.99. The number of furan rings is 1. The van der Waals surface area contributed by atoms with Crippen molar-refractivity contribution in [2.24, 2.45) is 5.73 Å². The SMILES string of the molecule is NCC1CCCCCN1C(=O)c1coc2ccccc12. The van der Waals surface area contributed by atoms with Crippen LogP contribution in [0, 0.1) is 0 Å². The Kier molecular flexibility index (Phi) is 3.74. The Morgan fingerprint density at radius 1 is 1.30 bits per heavy atom. The number of nitrogens with two attached hydrogens (primary N) is 1. The number of carbonyl (C=O) groups excluding carboxylic acids is 1. The number of rotatable bonds is 2. The van der Waals surface area contributed by atoms with Gasteiger partial charge < -0.3 is 15.1 Å². The fraction of sp³-hybridized carbons (Fsp3) is 0.438. The van der Waals surface area contributed by atoms with Gasteiger partial charge >= 0.3 is 0 Å². The number of amides is 1. The van der Waals surface area contributed by atoms with Gasteiger partial charge in [0.2, 0.25) is 0 Å². The zero-order chi connectivity index (χ0) is 13.9. The van der Waals surface area contributed by atoms with E-state index in [0.29, 0.717) is 12.1 Å². The Balaban J connectivity index is 1.94. The quantitative estimate of drug-likeness (QED) is 0.914. The molecule has 0 aliphatic carbocycles. The number of hydrogen-bond donors (Lipinski definition) is 1. The van der Waals surface area contributed by atoms with Crippen molar-refractivity contribution in [2.75, 3.05) is 13.1 Å². The summed E-state index contributed by atoms with van der Waals surface area (Å²) in [7, 11) is 0. The molecule has 106 valence electrons. The number of para-hydroxylation sites is 1. The smallest absolute Gasteiger partial charge is 0.258 e. The summed E-state index contributed by atoms with van der Waals surface area (Å²) in [6, 6.07) is 7.81. The number of hydrogen-bond acceptors (Lipinski definition) is 3. The zero-order valence-corrected chi connectivity index (χ0v) is 11.5. The van der Waals surface area contributed by atoms with Crippen LogP contribution in [0.3, 0.4) is 0 Å². The lowest BCUT2D eigenvalue weighted by molar-refractivity contribution is 0.0690. The van der Waals surface area contributed by atoms with Gasteiger partial charge in [0.1, 0.15) is 11.8 Å². The summed E-state index contributed by atoms with van der Waals surface area (Å²) in [6.07, 6.45) is 5.95. The summed E-state index contributed by atoms with van der Waals surface area (Å²) in [4.78, 5) is 14.7. The summed E-state index contributed by atoms with van der Waals surface area (Å²) in [5.74, 6) is 0.0484. The second-order valence-corrected chi connectivity index (χ2v) is 5.38. The molecule has 1 amide bonds. The number of nitrogens with zero attached hydrogens (tertiary/aromatic N) is 1. The highest BCUT2D eigenvalue weighted by Crippen LogP contribution is 2.25. The maximum atomic E-state index is 12.8. The molecule has 4 heteroatoms. The van der Waals surface area contributed by atoms with Crippen LogP contribution in [0.15, 0.2) is 34.9 Å². The van der Waals surface area contributed by atoms with E-state index in [4.69, 9.17) is 10.2 Å². The van der Waals surface area contributed by atoms with Gasteiger partial charge in [0.05, 0.1) is 5.56 Å². The highest BCUT2D eigenvalue weighted by atomic mass is 16.3. The van der Waals surface area contributed by atoms with Crippen LogP contribution < -0.4 is 5.73 Å². The molecule has 4 nitrogen and oxygen atoms in total. The Hall–Kier alpha value is -1.81. The maximum absolute atomic E-state index is 12.8. The third kappa shape index (κ3) is 2.31. The average molecular weight is 272 g/mol. The van der Waals surface area contributed by atoms with E-state index >= 15 is 0 Å². The molecule has 3 rings (SSSR count). The second-order valence-electron chi connectivity index (χ2n) is 5.38. The molecule has 1 aliphatic rings. The predicted molar refractivity (Wildman–Crippen MR) is 78.6 cm³/mol. The lowest BCUT2D eigenvalue weighted by atomic mass is 10.1. The Morgan fingerprint density at radius 3 is 3.00 bits per heavy atom. The predicted octanol–water partition coefficient (Wildman–Crippen LogP) is 2.78. The van der Waals surface area contributed by atoms with Gasteiger partial charge in [-0.2, -0.15) is 0 Å². The minimum absolute atomic E-state index is 0.0484. The first kappa shape index (κ1) is 13.2. The van der Waals surface area contributed by atoms with Gasteiger partial charge in [-0.25, -0.2) is 0 Å². The average Bonchev–Trinajstić information content (AvgIpc) is 2.76. The summed E-state index contributed by atoms with van der Waals surface area (Å²) in [6.45, 7) is 1.32. The summed E-state index contributed by atoms with van der Waals surface area (Å²) in [5, 5.41) is 0.887. The molecule has 2 heterocycles. The van der Waals surface area contributed by atoms with Crippen molar-refractivity contribution >= 4 is 16.9 Å². The van der Waals surface area contributed by atoms with Crippen molar-refractivity contribution < 1.29 is 9.21 Å². The molecule has 2 aromatic rings. The van der Waals surface area contributed by atoms with E-state index in [2.05, 4.69) is 0 Å². The van der Waals surface area contributed by atoms with Crippen molar-refractivity contribution in [1.82, 2.24) is 4.90 Å². The van der Waals surface area contributed by atoms with E-state index in [1.807, 2.05) is 29.2 Å². The molecular formula is C16H20N2O2. The fourth-order valence-corrected chi connectivity index (χ4v) is 2.99. The van der Waals surface area contributed by atoms with Crippen molar-refractivity contribution in [3.8, 4) is 0 Å². The molecular weight excluding hydrogens is 252 g/mol. The van der Waals surface area contributed by atoms with Gasteiger partial charge in [0.15, 0.2) is 0 Å². The largest absolute Gasteiger partial charge is 0.463 e. The van der Waals surface area contributed by atoms with E-state index in [9.17, 15) is 4.79 Å². The molecule has 1 atom stereocenters. The molecule has 1 fully saturated rings. The van der Waals surface area contributed by atoms with E-state index in [1.165, 1.54) is 6.42 Å². The number of carbonyl (C=O) groups is 1. The van der Waals surface area contributed by atoms with Crippen molar-refractivity contribution in [3.05, 3.63) is 36.1 Å². The molecule has 0 radical (unpaired) electrons. The van der Waals surface area contributed by atoms with Gasteiger partial charge in [0.25, 0.3) is 5.91 Å². The summed E-state index contributed by atoms with van der Waals surface area (Å²) >= 11 is 0. The second kappa shape index (κ2) is 5.67. The molecule has 1 aliphatic heterocycles. The molecule has 1 aromatic heterocycles. The van der Waals surface area contributed by atoms with Gasteiger partial charge in [-0.3, -0.25) is 4.79 Å². The highest BCUT2D eigenvalue weighted by molar-refractivity contribution is 6.06. The van der Waals surface area contributed by atoms with E-state index in [0.717, 1.165) is 36.8 Å². The minimum Gasteiger partial charge on any atom is -0.463 e. The third-order valence-electron chi connectivity index (χ3n) is 4.12. The Morgan fingerprint density at radius 2 is 2.15 bits per heavy atom. The van der Waals surface area contributed by atoms with Crippen LogP contribution in [-0.4, -0.2) is 29.9 Å². The van der Waals surface area contributed by atoms with Crippen LogP contribution in [0.4, 0.5) is 0 Å². The standard InChI is InChI=1S/C16H20N2O2/c17-10-12-6-2-1-5-9-18(12)16(19)14-11-20-15-8-4-3-7-13(14)15/h3-4,7-8,11-12H,1-2,5-6,9-10,17H2. The van der Waals surface area contributed by atoms with Gasteiger partial charge in [0, 0.05) is 24.5 Å². The first-order valence-corrected chi connectivity index (χ1v) is 7.28. The van der Waals surface area contributed by atoms with Gasteiger partial charge in [-0.15, -0.1) is 0 Å².